The standard InChI is InChI=1S/C19H28O3/c1-11(20)16(12(2)21)13-9-14(18(3,4)5)17(22)15(10-13)19(6,7)8/h9-10,16,22H,1-8H3. The van der Waals surface area contributed by atoms with Gasteiger partial charge in [0.2, 0.25) is 0 Å². The van der Waals surface area contributed by atoms with Crippen molar-refractivity contribution in [3.05, 3.63) is 28.8 Å². The molecule has 3 heteroatoms. The lowest BCUT2D eigenvalue weighted by molar-refractivity contribution is -0.126. The van der Waals surface area contributed by atoms with Gasteiger partial charge in [-0.25, -0.2) is 0 Å². The molecule has 0 bridgehead atoms. The van der Waals surface area contributed by atoms with E-state index < -0.39 is 5.92 Å². The van der Waals surface area contributed by atoms with Crippen LogP contribution in [0.3, 0.4) is 0 Å². The van der Waals surface area contributed by atoms with E-state index in [4.69, 9.17) is 0 Å². The average Bonchev–Trinajstić information content (AvgIpc) is 2.26. The van der Waals surface area contributed by atoms with Crippen LogP contribution in [0.4, 0.5) is 0 Å². The molecule has 0 radical (unpaired) electrons. The Morgan fingerprint density at radius 1 is 0.864 bits per heavy atom. The molecule has 0 aliphatic heterocycles. The Labute approximate surface area is 133 Å². The van der Waals surface area contributed by atoms with Gasteiger partial charge in [-0.1, -0.05) is 53.7 Å². The number of aromatic hydroxyl groups is 1. The summed E-state index contributed by atoms with van der Waals surface area (Å²) in [6.07, 6.45) is 0. The van der Waals surface area contributed by atoms with Crippen molar-refractivity contribution in [3.63, 3.8) is 0 Å². The van der Waals surface area contributed by atoms with Crippen molar-refractivity contribution < 1.29 is 14.7 Å². The van der Waals surface area contributed by atoms with E-state index in [1.165, 1.54) is 13.8 Å². The number of phenols is 1. The predicted octanol–water partition coefficient (Wildman–Crippen LogP) is 4.25. The Hall–Kier alpha value is -1.64. The van der Waals surface area contributed by atoms with Gasteiger partial charge in [-0.15, -0.1) is 0 Å². The van der Waals surface area contributed by atoms with E-state index in [9.17, 15) is 14.7 Å². The lowest BCUT2D eigenvalue weighted by Gasteiger charge is -2.29. The molecule has 0 spiro atoms. The third-order valence-electron chi connectivity index (χ3n) is 3.89. The maximum Gasteiger partial charge on any atom is 0.144 e. The highest BCUT2D eigenvalue weighted by molar-refractivity contribution is 6.05. The first-order valence-electron chi connectivity index (χ1n) is 7.65. The maximum atomic E-state index is 11.9. The van der Waals surface area contributed by atoms with Crippen LogP contribution in [0.15, 0.2) is 12.1 Å². The van der Waals surface area contributed by atoms with Gasteiger partial charge in [0.25, 0.3) is 0 Å². The number of hydrogen-bond acceptors (Lipinski definition) is 3. The molecule has 0 aliphatic carbocycles. The molecule has 22 heavy (non-hydrogen) atoms. The van der Waals surface area contributed by atoms with Crippen molar-refractivity contribution in [1.82, 2.24) is 0 Å². The summed E-state index contributed by atoms with van der Waals surface area (Å²) in [5.41, 5.74) is 1.65. The van der Waals surface area contributed by atoms with Gasteiger partial charge < -0.3 is 5.11 Å². The second kappa shape index (κ2) is 5.86. The van der Waals surface area contributed by atoms with Crippen LogP contribution < -0.4 is 0 Å². The van der Waals surface area contributed by atoms with Crippen molar-refractivity contribution in [2.24, 2.45) is 0 Å². The van der Waals surface area contributed by atoms with Crippen LogP contribution >= 0.6 is 0 Å². The Morgan fingerprint density at radius 2 is 1.18 bits per heavy atom. The fraction of sp³-hybridized carbons (Fsp3) is 0.579. The first-order valence-corrected chi connectivity index (χ1v) is 7.65. The zero-order valence-electron chi connectivity index (χ0n) is 15.0. The van der Waals surface area contributed by atoms with Gasteiger partial charge in [-0.2, -0.15) is 0 Å². The monoisotopic (exact) mass is 304 g/mol. The minimum atomic E-state index is -0.761. The van der Waals surface area contributed by atoms with E-state index in [0.29, 0.717) is 5.56 Å². The molecule has 0 heterocycles. The van der Waals surface area contributed by atoms with E-state index >= 15 is 0 Å². The smallest absolute Gasteiger partial charge is 0.144 e. The molecule has 0 unspecified atom stereocenters. The summed E-state index contributed by atoms with van der Waals surface area (Å²) in [4.78, 5) is 23.8. The number of Topliss-reactive ketones (excluding diaryl/α,β-unsaturated/α-hetero) is 2. The molecule has 1 aromatic carbocycles. The Morgan fingerprint density at radius 3 is 1.41 bits per heavy atom. The number of carbonyl (C=O) groups excluding carboxylic acids is 2. The van der Waals surface area contributed by atoms with E-state index in [1.54, 1.807) is 12.1 Å². The summed E-state index contributed by atoms with van der Waals surface area (Å²) >= 11 is 0. The van der Waals surface area contributed by atoms with Crippen molar-refractivity contribution >= 4 is 11.6 Å². The number of benzene rings is 1. The van der Waals surface area contributed by atoms with E-state index in [2.05, 4.69) is 0 Å². The highest BCUT2D eigenvalue weighted by Crippen LogP contribution is 2.41. The third kappa shape index (κ3) is 3.76. The Balaban J connectivity index is 3.75. The molecule has 0 amide bonds. The van der Waals surface area contributed by atoms with Crippen LogP contribution in [-0.2, 0) is 20.4 Å². The molecule has 0 fully saturated rings. The highest BCUT2D eigenvalue weighted by atomic mass is 16.3. The van der Waals surface area contributed by atoms with Crippen LogP contribution in [0.2, 0.25) is 0 Å². The summed E-state index contributed by atoms with van der Waals surface area (Å²) in [7, 11) is 0. The first kappa shape index (κ1) is 18.4. The number of ketones is 2. The van der Waals surface area contributed by atoms with Gasteiger partial charge in [0.1, 0.15) is 23.2 Å². The first-order chi connectivity index (χ1) is 9.76. The molecule has 1 N–H and O–H groups in total. The van der Waals surface area contributed by atoms with E-state index in [-0.39, 0.29) is 28.1 Å². The zero-order valence-corrected chi connectivity index (χ0v) is 15.0. The van der Waals surface area contributed by atoms with Crippen molar-refractivity contribution in [3.8, 4) is 5.75 Å². The van der Waals surface area contributed by atoms with Gasteiger partial charge in [0.05, 0.1) is 0 Å². The molecule has 1 aromatic rings. The molecule has 0 saturated carbocycles. The van der Waals surface area contributed by atoms with Gasteiger partial charge in [0.15, 0.2) is 0 Å². The summed E-state index contributed by atoms with van der Waals surface area (Å²) in [5, 5.41) is 10.7. The van der Waals surface area contributed by atoms with Crippen LogP contribution in [0.25, 0.3) is 0 Å². The van der Waals surface area contributed by atoms with E-state index in [1.807, 2.05) is 41.5 Å². The zero-order chi connectivity index (χ0) is 17.5. The SMILES string of the molecule is CC(=O)C(C(C)=O)c1cc(C(C)(C)C)c(O)c(C(C)(C)C)c1. The Bertz CT molecular complexity index is 549. The van der Waals surface area contributed by atoms with Crippen molar-refractivity contribution in [1.29, 1.82) is 0 Å². The van der Waals surface area contributed by atoms with Crippen LogP contribution in [0.5, 0.6) is 5.75 Å². The second-order valence-electron chi connectivity index (χ2n) is 8.12. The molecule has 122 valence electrons. The summed E-state index contributed by atoms with van der Waals surface area (Å²) in [5.74, 6) is -0.840. The maximum absolute atomic E-state index is 11.9. The fourth-order valence-corrected chi connectivity index (χ4v) is 2.72. The normalized spacial score (nSPS) is 12.6. The topological polar surface area (TPSA) is 54.4 Å². The average molecular weight is 304 g/mol. The Kier molecular flexibility index (Phi) is 4.91. The minimum absolute atomic E-state index is 0.169. The lowest BCUT2D eigenvalue weighted by atomic mass is 9.76. The van der Waals surface area contributed by atoms with Crippen LogP contribution in [0.1, 0.15) is 78.0 Å². The quantitative estimate of drug-likeness (QED) is 0.849. The molecular formula is C19H28O3. The molecule has 0 aromatic heterocycles. The van der Waals surface area contributed by atoms with Gasteiger partial charge in [-0.05, 0) is 41.4 Å². The summed E-state index contributed by atoms with van der Waals surface area (Å²) in [6.45, 7) is 14.9. The second-order valence-corrected chi connectivity index (χ2v) is 8.12. The largest absolute Gasteiger partial charge is 0.507 e. The summed E-state index contributed by atoms with van der Waals surface area (Å²) in [6, 6.07) is 3.61. The fourth-order valence-electron chi connectivity index (χ4n) is 2.72. The van der Waals surface area contributed by atoms with E-state index in [0.717, 1.165) is 11.1 Å². The van der Waals surface area contributed by atoms with Crippen molar-refractivity contribution in [2.75, 3.05) is 0 Å². The molecule has 3 nitrogen and oxygen atoms in total. The van der Waals surface area contributed by atoms with Gasteiger partial charge >= 0.3 is 0 Å². The number of rotatable bonds is 3. The van der Waals surface area contributed by atoms with Crippen molar-refractivity contribution in [2.45, 2.75) is 72.1 Å². The molecular weight excluding hydrogens is 276 g/mol. The number of hydrogen-bond donors (Lipinski definition) is 1. The number of phenolic OH excluding ortho intramolecular Hbond substituents is 1. The van der Waals surface area contributed by atoms with Gasteiger partial charge in [0, 0.05) is 0 Å². The van der Waals surface area contributed by atoms with Crippen LogP contribution in [0, 0.1) is 0 Å². The highest BCUT2D eigenvalue weighted by Gasteiger charge is 2.30. The molecule has 0 saturated heterocycles. The summed E-state index contributed by atoms with van der Waals surface area (Å²) < 4.78 is 0. The molecule has 1 rings (SSSR count). The van der Waals surface area contributed by atoms with Crippen LogP contribution in [-0.4, -0.2) is 16.7 Å². The lowest BCUT2D eigenvalue weighted by Crippen LogP contribution is -2.22. The minimum Gasteiger partial charge on any atom is -0.507 e. The molecule has 0 aliphatic rings. The number of carbonyl (C=O) groups is 2. The van der Waals surface area contributed by atoms with Gasteiger partial charge in [-0.3, -0.25) is 9.59 Å². The third-order valence-corrected chi connectivity index (χ3v) is 3.89. The molecule has 0 atom stereocenters. The predicted molar refractivity (Wildman–Crippen MR) is 89.6 cm³/mol.